The molecule has 3 nitrogen and oxygen atoms in total. The van der Waals surface area contributed by atoms with E-state index in [-0.39, 0.29) is 0 Å². The quantitative estimate of drug-likeness (QED) is 0.676. The highest BCUT2D eigenvalue weighted by Gasteiger charge is 2.06. The number of fused-ring (bicyclic) bond motifs is 1. The molecule has 1 heterocycles. The number of benzene rings is 1. The normalized spacial score (nSPS) is 10.8. The van der Waals surface area contributed by atoms with E-state index in [0.29, 0.717) is 0 Å². The lowest BCUT2D eigenvalue weighted by Crippen LogP contribution is -1.89. The average molecular weight is 226 g/mol. The minimum Gasteiger partial charge on any atom is -0.398 e. The molecule has 0 fully saturated rings. The van der Waals surface area contributed by atoms with Crippen LogP contribution in [0.2, 0.25) is 0 Å². The molecule has 12 heavy (non-hydrogen) atoms. The zero-order valence-electron chi connectivity index (χ0n) is 6.56. The number of aromatic amines is 1. The van der Waals surface area contributed by atoms with Crippen molar-refractivity contribution < 1.29 is 0 Å². The number of anilines is 1. The molecule has 0 aliphatic rings. The average Bonchev–Trinajstić information content (AvgIpc) is 2.48. The molecule has 0 saturated heterocycles. The Morgan fingerprint density at radius 1 is 1.58 bits per heavy atom. The highest BCUT2D eigenvalue weighted by atomic mass is 79.9. The van der Waals surface area contributed by atoms with Crippen LogP contribution in [0.25, 0.3) is 11.0 Å². The number of halogens is 1. The molecule has 1 aromatic carbocycles. The number of nitrogens with two attached hydrogens (primary N) is 1. The number of H-pyrrole nitrogens is 1. The van der Waals surface area contributed by atoms with Gasteiger partial charge in [0.1, 0.15) is 0 Å². The van der Waals surface area contributed by atoms with Gasteiger partial charge in [0.25, 0.3) is 0 Å². The monoisotopic (exact) mass is 225 g/mol. The summed E-state index contributed by atoms with van der Waals surface area (Å²) in [7, 11) is 0. The summed E-state index contributed by atoms with van der Waals surface area (Å²) in [6.07, 6.45) is 1.67. The third-order valence-electron chi connectivity index (χ3n) is 1.86. The number of aryl methyl sites for hydroxylation is 1. The van der Waals surface area contributed by atoms with Crippen LogP contribution in [0.3, 0.4) is 0 Å². The van der Waals surface area contributed by atoms with E-state index in [1.54, 1.807) is 6.33 Å². The first-order valence-corrected chi connectivity index (χ1v) is 4.37. The van der Waals surface area contributed by atoms with Gasteiger partial charge in [-0.25, -0.2) is 4.98 Å². The van der Waals surface area contributed by atoms with Crippen molar-refractivity contribution in [3.63, 3.8) is 0 Å². The maximum Gasteiger partial charge on any atom is 0.0932 e. The van der Waals surface area contributed by atoms with Gasteiger partial charge in [0.2, 0.25) is 0 Å². The molecule has 0 saturated carbocycles. The number of nitrogens with zero attached hydrogens (tertiary/aromatic N) is 1. The summed E-state index contributed by atoms with van der Waals surface area (Å²) in [5.41, 5.74) is 9.51. The molecule has 0 unspecified atom stereocenters. The topological polar surface area (TPSA) is 54.7 Å². The number of aromatic nitrogens is 2. The van der Waals surface area contributed by atoms with Gasteiger partial charge in [-0.2, -0.15) is 0 Å². The van der Waals surface area contributed by atoms with Crippen molar-refractivity contribution in [2.75, 3.05) is 5.73 Å². The van der Waals surface area contributed by atoms with E-state index in [9.17, 15) is 0 Å². The van der Waals surface area contributed by atoms with Crippen LogP contribution in [0.4, 0.5) is 5.69 Å². The molecule has 4 heteroatoms. The van der Waals surface area contributed by atoms with E-state index in [2.05, 4.69) is 25.9 Å². The van der Waals surface area contributed by atoms with E-state index in [0.717, 1.165) is 26.8 Å². The highest BCUT2D eigenvalue weighted by molar-refractivity contribution is 9.10. The standard InChI is InChI=1S/C8H8BrN3/c1-4-2-5(10)6(9)8-7(4)11-3-12-8/h2-3H,10H2,1H3,(H,11,12). The van der Waals surface area contributed by atoms with Crippen molar-refractivity contribution in [1.29, 1.82) is 0 Å². The second-order valence-corrected chi connectivity index (χ2v) is 3.52. The molecule has 62 valence electrons. The third kappa shape index (κ3) is 0.914. The van der Waals surface area contributed by atoms with Gasteiger partial charge >= 0.3 is 0 Å². The van der Waals surface area contributed by atoms with Gasteiger partial charge < -0.3 is 10.7 Å². The molecule has 1 aromatic heterocycles. The van der Waals surface area contributed by atoms with Crippen LogP contribution in [-0.4, -0.2) is 9.97 Å². The fourth-order valence-electron chi connectivity index (χ4n) is 1.27. The SMILES string of the molecule is Cc1cc(N)c(Br)c2[nH]cnc12. The van der Waals surface area contributed by atoms with Crippen molar-refractivity contribution in [2.45, 2.75) is 6.92 Å². The number of nitrogens with one attached hydrogen (secondary N) is 1. The number of nitrogen functional groups attached to an aromatic ring is 1. The van der Waals surface area contributed by atoms with Gasteiger partial charge in [-0.3, -0.25) is 0 Å². The van der Waals surface area contributed by atoms with E-state index in [1.165, 1.54) is 0 Å². The first-order valence-electron chi connectivity index (χ1n) is 3.58. The van der Waals surface area contributed by atoms with E-state index >= 15 is 0 Å². The van der Waals surface area contributed by atoms with E-state index in [1.807, 2.05) is 13.0 Å². The van der Waals surface area contributed by atoms with Gasteiger partial charge in [0.15, 0.2) is 0 Å². The summed E-state index contributed by atoms with van der Waals surface area (Å²) in [4.78, 5) is 7.21. The summed E-state index contributed by atoms with van der Waals surface area (Å²) in [6, 6.07) is 1.91. The van der Waals surface area contributed by atoms with Crippen molar-refractivity contribution in [1.82, 2.24) is 9.97 Å². The molecule has 0 bridgehead atoms. The Balaban J connectivity index is 2.97. The van der Waals surface area contributed by atoms with Gasteiger partial charge in [0.05, 0.1) is 21.8 Å². The molecule has 0 radical (unpaired) electrons. The van der Waals surface area contributed by atoms with Crippen LogP contribution >= 0.6 is 15.9 Å². The molecule has 0 spiro atoms. The van der Waals surface area contributed by atoms with Crippen LogP contribution in [-0.2, 0) is 0 Å². The van der Waals surface area contributed by atoms with Crippen LogP contribution in [0.15, 0.2) is 16.9 Å². The molecule has 2 aromatic rings. The lowest BCUT2D eigenvalue weighted by molar-refractivity contribution is 1.34. The maximum atomic E-state index is 5.75. The Labute approximate surface area is 78.1 Å². The lowest BCUT2D eigenvalue weighted by Gasteiger charge is -2.01. The zero-order chi connectivity index (χ0) is 8.72. The van der Waals surface area contributed by atoms with Crippen molar-refractivity contribution >= 4 is 32.7 Å². The first-order chi connectivity index (χ1) is 5.70. The molecule has 0 atom stereocenters. The lowest BCUT2D eigenvalue weighted by atomic mass is 10.2. The number of hydrogen-bond acceptors (Lipinski definition) is 2. The van der Waals surface area contributed by atoms with Crippen molar-refractivity contribution in [2.24, 2.45) is 0 Å². The van der Waals surface area contributed by atoms with Crippen molar-refractivity contribution in [3.8, 4) is 0 Å². The van der Waals surface area contributed by atoms with Crippen LogP contribution in [0, 0.1) is 6.92 Å². The minimum atomic E-state index is 0.740. The summed E-state index contributed by atoms with van der Waals surface area (Å²) < 4.78 is 0.889. The first kappa shape index (κ1) is 7.61. The third-order valence-corrected chi connectivity index (χ3v) is 2.71. The van der Waals surface area contributed by atoms with Gasteiger partial charge in [0, 0.05) is 5.69 Å². The van der Waals surface area contributed by atoms with Crippen molar-refractivity contribution in [3.05, 3.63) is 22.4 Å². The Morgan fingerprint density at radius 3 is 3.08 bits per heavy atom. The summed E-state index contributed by atoms with van der Waals surface area (Å²) in [5.74, 6) is 0. The predicted octanol–water partition coefficient (Wildman–Crippen LogP) is 2.22. The Bertz CT molecular complexity index is 433. The van der Waals surface area contributed by atoms with Crippen LogP contribution in [0.1, 0.15) is 5.56 Å². The summed E-state index contributed by atoms with van der Waals surface area (Å²) in [6.45, 7) is 1.99. The number of rotatable bonds is 0. The zero-order valence-corrected chi connectivity index (χ0v) is 8.14. The molecule has 3 N–H and O–H groups in total. The summed E-state index contributed by atoms with van der Waals surface area (Å²) in [5, 5.41) is 0. The number of hydrogen-bond donors (Lipinski definition) is 2. The second-order valence-electron chi connectivity index (χ2n) is 2.72. The minimum absolute atomic E-state index is 0.740. The fraction of sp³-hybridized carbons (Fsp3) is 0.125. The largest absolute Gasteiger partial charge is 0.398 e. The summed E-state index contributed by atoms with van der Waals surface area (Å²) >= 11 is 3.40. The second kappa shape index (κ2) is 2.48. The fourth-order valence-corrected chi connectivity index (χ4v) is 1.69. The van der Waals surface area contributed by atoms with E-state index in [4.69, 9.17) is 5.73 Å². The predicted molar refractivity (Wildman–Crippen MR) is 52.9 cm³/mol. The molecular weight excluding hydrogens is 218 g/mol. The molecule has 2 rings (SSSR count). The number of imidazole rings is 1. The molecule has 0 amide bonds. The van der Waals surface area contributed by atoms with E-state index < -0.39 is 0 Å². The molecular formula is C8H8BrN3. The van der Waals surface area contributed by atoms with Crippen LogP contribution < -0.4 is 5.73 Å². The maximum absolute atomic E-state index is 5.75. The van der Waals surface area contributed by atoms with Crippen LogP contribution in [0.5, 0.6) is 0 Å². The van der Waals surface area contributed by atoms with Gasteiger partial charge in [-0.1, -0.05) is 0 Å². The molecule has 0 aliphatic heterocycles. The Kier molecular flexibility index (Phi) is 1.58. The van der Waals surface area contributed by atoms with Gasteiger partial charge in [-0.05, 0) is 34.5 Å². The Morgan fingerprint density at radius 2 is 2.33 bits per heavy atom. The smallest absolute Gasteiger partial charge is 0.0932 e. The Hall–Kier alpha value is -1.03. The highest BCUT2D eigenvalue weighted by Crippen LogP contribution is 2.29. The van der Waals surface area contributed by atoms with Gasteiger partial charge in [-0.15, -0.1) is 0 Å². The molecule has 0 aliphatic carbocycles.